The van der Waals surface area contributed by atoms with Crippen LogP contribution in [0.3, 0.4) is 0 Å². The van der Waals surface area contributed by atoms with Crippen LogP contribution in [0, 0.1) is 10.8 Å². The molecule has 2 N–H and O–H groups in total. The van der Waals surface area contributed by atoms with Crippen molar-refractivity contribution in [2.24, 2.45) is 10.8 Å². The molecule has 0 aromatic heterocycles. The summed E-state index contributed by atoms with van der Waals surface area (Å²) in [5, 5.41) is 2.07. The van der Waals surface area contributed by atoms with Gasteiger partial charge in [-0.15, -0.1) is 5.53 Å². The van der Waals surface area contributed by atoms with Gasteiger partial charge in [0.25, 0.3) is 0 Å². The minimum absolute atomic E-state index is 0.190. The van der Waals surface area contributed by atoms with E-state index in [4.69, 9.17) is 0 Å². The summed E-state index contributed by atoms with van der Waals surface area (Å²) < 4.78 is 0. The van der Waals surface area contributed by atoms with E-state index in [-0.39, 0.29) is 5.41 Å². The van der Waals surface area contributed by atoms with Crippen LogP contribution < -0.4 is 11.0 Å². The molecular formula is C12H25N3. The van der Waals surface area contributed by atoms with Crippen molar-refractivity contribution in [3.8, 4) is 0 Å². The highest BCUT2D eigenvalue weighted by Crippen LogP contribution is 2.38. The molecule has 0 atom stereocenters. The van der Waals surface area contributed by atoms with E-state index in [2.05, 4.69) is 63.7 Å². The zero-order chi connectivity index (χ0) is 11.7. The summed E-state index contributed by atoms with van der Waals surface area (Å²) in [6, 6.07) is 0. The summed E-state index contributed by atoms with van der Waals surface area (Å²) in [5.74, 6) is 0. The quantitative estimate of drug-likeness (QED) is 0.751. The Labute approximate surface area is 93.9 Å². The molecule has 0 unspecified atom stereocenters. The zero-order valence-corrected chi connectivity index (χ0v) is 10.9. The first-order valence-electron chi connectivity index (χ1n) is 5.75. The van der Waals surface area contributed by atoms with Crippen LogP contribution in [0.4, 0.5) is 0 Å². The maximum atomic E-state index is 3.26. The number of hydrogen-bond donors (Lipinski definition) is 2. The lowest BCUT2D eigenvalue weighted by Gasteiger charge is -2.32. The average molecular weight is 211 g/mol. The molecule has 0 aromatic carbocycles. The van der Waals surface area contributed by atoms with Crippen LogP contribution in [0.2, 0.25) is 0 Å². The van der Waals surface area contributed by atoms with Crippen molar-refractivity contribution in [3.63, 3.8) is 0 Å². The van der Waals surface area contributed by atoms with Gasteiger partial charge in [0.1, 0.15) is 0 Å². The molecular weight excluding hydrogens is 186 g/mol. The summed E-state index contributed by atoms with van der Waals surface area (Å²) in [4.78, 5) is 0. The van der Waals surface area contributed by atoms with E-state index in [9.17, 15) is 0 Å². The topological polar surface area (TPSA) is 27.3 Å². The van der Waals surface area contributed by atoms with Gasteiger partial charge in [0.15, 0.2) is 0 Å². The first-order chi connectivity index (χ1) is 6.74. The van der Waals surface area contributed by atoms with E-state index in [0.717, 1.165) is 13.0 Å². The number of hydrogen-bond acceptors (Lipinski definition) is 3. The van der Waals surface area contributed by atoms with Crippen molar-refractivity contribution >= 4 is 0 Å². The van der Waals surface area contributed by atoms with Crippen LogP contribution in [0.15, 0.2) is 11.9 Å². The van der Waals surface area contributed by atoms with Crippen molar-refractivity contribution in [3.05, 3.63) is 11.9 Å². The lowest BCUT2D eigenvalue weighted by molar-refractivity contribution is 0.232. The monoisotopic (exact) mass is 211 g/mol. The third-order valence-corrected chi connectivity index (χ3v) is 2.66. The second-order valence-corrected chi connectivity index (χ2v) is 6.19. The predicted octanol–water partition coefficient (Wildman–Crippen LogP) is 2.63. The van der Waals surface area contributed by atoms with Crippen molar-refractivity contribution in [1.29, 1.82) is 0 Å². The van der Waals surface area contributed by atoms with Crippen LogP contribution in [-0.4, -0.2) is 11.6 Å². The molecule has 1 heterocycles. The molecule has 0 aromatic rings. The Bertz CT molecular complexity index is 248. The van der Waals surface area contributed by atoms with E-state index in [1.807, 2.05) is 0 Å². The van der Waals surface area contributed by atoms with Crippen molar-refractivity contribution in [1.82, 2.24) is 16.0 Å². The highest BCUT2D eigenvalue weighted by atomic mass is 15.7. The van der Waals surface area contributed by atoms with Gasteiger partial charge in [0, 0.05) is 18.2 Å². The summed E-state index contributed by atoms with van der Waals surface area (Å²) in [6.07, 6.45) is 3.34. The molecule has 0 aliphatic carbocycles. The van der Waals surface area contributed by atoms with E-state index >= 15 is 0 Å². The zero-order valence-electron chi connectivity index (χ0n) is 10.9. The van der Waals surface area contributed by atoms with E-state index in [1.54, 1.807) is 0 Å². The minimum atomic E-state index is 0.190. The Morgan fingerprint density at radius 1 is 1.20 bits per heavy atom. The summed E-state index contributed by atoms with van der Waals surface area (Å²) in [5.41, 5.74) is 8.22. The van der Waals surface area contributed by atoms with Crippen LogP contribution >= 0.6 is 0 Å². The fourth-order valence-electron chi connectivity index (χ4n) is 2.29. The van der Waals surface area contributed by atoms with Gasteiger partial charge < -0.3 is 5.43 Å². The molecule has 1 aliphatic rings. The average Bonchev–Trinajstić information content (AvgIpc) is 2.47. The fraction of sp³-hybridized carbons (Fsp3) is 0.833. The molecule has 1 rings (SSSR count). The summed E-state index contributed by atoms with van der Waals surface area (Å²) in [6.45, 7) is 14.5. The minimum Gasteiger partial charge on any atom is -0.306 e. The molecule has 0 saturated carbocycles. The molecule has 0 spiro atoms. The third-order valence-electron chi connectivity index (χ3n) is 2.66. The van der Waals surface area contributed by atoms with Gasteiger partial charge in [-0.2, -0.15) is 0 Å². The SMILES string of the molecule is CCN1C=C(C(C)(C)CC(C)(C)C)NN1. The Balaban J connectivity index is 2.70. The smallest absolute Gasteiger partial charge is 0.0509 e. The van der Waals surface area contributed by atoms with Gasteiger partial charge in [-0.25, -0.2) is 0 Å². The number of hydrazine groups is 2. The van der Waals surface area contributed by atoms with Crippen LogP contribution in [-0.2, 0) is 0 Å². The Hall–Kier alpha value is -0.700. The van der Waals surface area contributed by atoms with Gasteiger partial charge in [-0.05, 0) is 18.8 Å². The number of rotatable bonds is 3. The third kappa shape index (κ3) is 3.42. The van der Waals surface area contributed by atoms with Crippen molar-refractivity contribution < 1.29 is 0 Å². The second-order valence-electron chi connectivity index (χ2n) is 6.19. The molecule has 1 aliphatic heterocycles. The number of nitrogens with zero attached hydrogens (tertiary/aromatic N) is 1. The van der Waals surface area contributed by atoms with E-state index in [1.165, 1.54) is 5.70 Å². The van der Waals surface area contributed by atoms with Crippen LogP contribution in [0.1, 0.15) is 48.0 Å². The molecule has 15 heavy (non-hydrogen) atoms. The van der Waals surface area contributed by atoms with Crippen molar-refractivity contribution in [2.75, 3.05) is 6.54 Å². The largest absolute Gasteiger partial charge is 0.306 e. The number of nitrogens with one attached hydrogen (secondary N) is 2. The standard InChI is InChI=1S/C12H25N3/c1-7-15-8-10(13-14-15)12(5,6)9-11(2,3)4/h8,13-14H,7,9H2,1-6H3. The van der Waals surface area contributed by atoms with Crippen LogP contribution in [0.5, 0.6) is 0 Å². The molecule has 0 amide bonds. The lowest BCUT2D eigenvalue weighted by atomic mass is 9.74. The maximum absolute atomic E-state index is 3.26. The Morgan fingerprint density at radius 3 is 2.20 bits per heavy atom. The van der Waals surface area contributed by atoms with Crippen molar-refractivity contribution in [2.45, 2.75) is 48.0 Å². The predicted molar refractivity (Wildman–Crippen MR) is 64.6 cm³/mol. The van der Waals surface area contributed by atoms with E-state index in [0.29, 0.717) is 5.41 Å². The lowest BCUT2D eigenvalue weighted by Crippen LogP contribution is -2.38. The van der Waals surface area contributed by atoms with Gasteiger partial charge in [-0.3, -0.25) is 5.01 Å². The second kappa shape index (κ2) is 4.05. The van der Waals surface area contributed by atoms with Gasteiger partial charge >= 0.3 is 0 Å². The van der Waals surface area contributed by atoms with Gasteiger partial charge in [0.05, 0.1) is 5.70 Å². The highest BCUT2D eigenvalue weighted by molar-refractivity contribution is 5.12. The molecule has 3 heteroatoms. The molecule has 0 bridgehead atoms. The van der Waals surface area contributed by atoms with E-state index < -0.39 is 0 Å². The molecule has 3 nitrogen and oxygen atoms in total. The van der Waals surface area contributed by atoms with Gasteiger partial charge in [-0.1, -0.05) is 34.6 Å². The molecule has 0 saturated heterocycles. The molecule has 0 radical (unpaired) electrons. The van der Waals surface area contributed by atoms with Gasteiger partial charge in [0.2, 0.25) is 0 Å². The molecule has 88 valence electrons. The molecule has 0 fully saturated rings. The fourth-order valence-corrected chi connectivity index (χ4v) is 2.29. The first-order valence-corrected chi connectivity index (χ1v) is 5.75. The Kier molecular flexibility index (Phi) is 3.34. The summed E-state index contributed by atoms with van der Waals surface area (Å²) in [7, 11) is 0. The Morgan fingerprint density at radius 2 is 1.80 bits per heavy atom. The number of allylic oxidation sites excluding steroid dienone is 1. The normalized spacial score (nSPS) is 17.7. The highest BCUT2D eigenvalue weighted by Gasteiger charge is 2.31. The van der Waals surface area contributed by atoms with Crippen LogP contribution in [0.25, 0.3) is 0 Å². The maximum Gasteiger partial charge on any atom is 0.0509 e. The summed E-state index contributed by atoms with van der Waals surface area (Å²) >= 11 is 0. The first kappa shape index (κ1) is 12.4.